The Morgan fingerprint density at radius 2 is 1.63 bits per heavy atom. The number of piperidine rings is 2. The van der Waals surface area contributed by atoms with Crippen LogP contribution in [0.25, 0.3) is 0 Å². The Hall–Kier alpha value is -5.59. The van der Waals surface area contributed by atoms with Gasteiger partial charge in [-0.3, -0.25) is 39.1 Å². The molecule has 0 radical (unpaired) electrons. The highest BCUT2D eigenvalue weighted by molar-refractivity contribution is 6.31. The molecule has 2 saturated carbocycles. The largest absolute Gasteiger partial charge is 0.490 e. The predicted molar refractivity (Wildman–Crippen MR) is 207 cm³/mol. The molecule has 294 valence electrons. The van der Waals surface area contributed by atoms with Crippen LogP contribution >= 0.6 is 11.6 Å². The maximum atomic E-state index is 13.3. The SMILES string of the molecule is N#Cc1ccc(OC2CCC(NC(=O)c3ccc(N4CCN(CC5[C@H]6CN(c7ccc8c(c7)C(=O)N(C7CCC(=O)NC7=O)C8=O)C[C@@H]56)CC4)nn3)CC2)cc1Cl. The molecule has 3 saturated heterocycles. The van der Waals surface area contributed by atoms with Gasteiger partial charge in [0.2, 0.25) is 11.8 Å². The third-order valence-electron chi connectivity index (χ3n) is 12.6. The van der Waals surface area contributed by atoms with Gasteiger partial charge >= 0.3 is 0 Å². The van der Waals surface area contributed by atoms with Gasteiger partial charge in [0, 0.05) is 70.0 Å². The van der Waals surface area contributed by atoms with Crippen LogP contribution in [0, 0.1) is 29.1 Å². The number of ether oxygens (including phenoxy) is 1. The summed E-state index contributed by atoms with van der Waals surface area (Å²) in [4.78, 5) is 71.5. The van der Waals surface area contributed by atoms with Crippen molar-refractivity contribution in [2.45, 2.75) is 56.7 Å². The van der Waals surface area contributed by atoms with Crippen LogP contribution in [0.1, 0.15) is 75.3 Å². The maximum Gasteiger partial charge on any atom is 0.272 e. The number of nitrogens with one attached hydrogen (secondary N) is 2. The number of halogens is 1. The van der Waals surface area contributed by atoms with E-state index in [-0.39, 0.29) is 30.9 Å². The van der Waals surface area contributed by atoms with Crippen LogP contribution in [0.3, 0.4) is 0 Å². The summed E-state index contributed by atoms with van der Waals surface area (Å²) in [6.07, 6.45) is 3.39. The lowest BCUT2D eigenvalue weighted by atomic mass is 9.93. The number of hydrogen-bond donors (Lipinski definition) is 2. The number of rotatable bonds is 9. The van der Waals surface area contributed by atoms with Gasteiger partial charge in [0.1, 0.15) is 17.9 Å². The number of anilines is 2. The molecule has 2 aromatic carbocycles. The normalized spacial score (nSPS) is 27.1. The minimum atomic E-state index is -0.971. The number of carbonyl (C=O) groups is 5. The molecule has 0 bridgehead atoms. The van der Waals surface area contributed by atoms with Crippen LogP contribution in [0.15, 0.2) is 48.5 Å². The Kier molecular flexibility index (Phi) is 9.78. The number of piperazine rings is 1. The van der Waals surface area contributed by atoms with Gasteiger partial charge in [-0.05, 0) is 92.3 Å². The zero-order valence-corrected chi connectivity index (χ0v) is 32.0. The van der Waals surface area contributed by atoms with Gasteiger partial charge < -0.3 is 19.9 Å². The van der Waals surface area contributed by atoms with Gasteiger partial charge in [0.25, 0.3) is 17.7 Å². The first-order valence-electron chi connectivity index (χ1n) is 19.7. The van der Waals surface area contributed by atoms with E-state index in [1.807, 2.05) is 12.1 Å². The lowest BCUT2D eigenvalue weighted by Crippen LogP contribution is -2.54. The summed E-state index contributed by atoms with van der Waals surface area (Å²) in [5.74, 6) is 0.984. The summed E-state index contributed by atoms with van der Waals surface area (Å²) in [5, 5.41) is 23.5. The van der Waals surface area contributed by atoms with E-state index in [0.29, 0.717) is 50.9 Å². The molecule has 1 aromatic heterocycles. The van der Waals surface area contributed by atoms with E-state index >= 15 is 0 Å². The fraction of sp³-hybridized carbons (Fsp3) is 0.463. The Morgan fingerprint density at radius 3 is 2.32 bits per heavy atom. The molecule has 5 amide bonds. The lowest BCUT2D eigenvalue weighted by molar-refractivity contribution is -0.136. The van der Waals surface area contributed by atoms with Crippen molar-refractivity contribution in [3.8, 4) is 11.8 Å². The molecule has 0 spiro atoms. The van der Waals surface area contributed by atoms with Crippen molar-refractivity contribution >= 4 is 52.6 Å². The molecule has 9 rings (SSSR count). The summed E-state index contributed by atoms with van der Waals surface area (Å²) < 4.78 is 6.08. The molecule has 2 N–H and O–H groups in total. The van der Waals surface area contributed by atoms with Gasteiger partial charge in [-0.15, -0.1) is 10.2 Å². The fourth-order valence-electron chi connectivity index (χ4n) is 9.30. The van der Waals surface area contributed by atoms with E-state index in [4.69, 9.17) is 21.6 Å². The first kappa shape index (κ1) is 37.0. The second-order valence-corrected chi connectivity index (χ2v) is 16.4. The van der Waals surface area contributed by atoms with Crippen LogP contribution < -0.4 is 25.2 Å². The molecule has 2 aliphatic carbocycles. The van der Waals surface area contributed by atoms with E-state index in [0.717, 1.165) is 87.9 Å². The van der Waals surface area contributed by atoms with E-state index in [9.17, 15) is 24.0 Å². The minimum absolute atomic E-state index is 0.0187. The number of aromatic nitrogens is 2. The first-order valence-corrected chi connectivity index (χ1v) is 20.1. The van der Waals surface area contributed by atoms with Crippen LogP contribution in [-0.2, 0) is 9.59 Å². The highest BCUT2D eigenvalue weighted by atomic mass is 35.5. The summed E-state index contributed by atoms with van der Waals surface area (Å²) >= 11 is 6.14. The van der Waals surface area contributed by atoms with Gasteiger partial charge in [0.15, 0.2) is 11.5 Å². The average molecular weight is 792 g/mol. The van der Waals surface area contributed by atoms with Gasteiger partial charge in [-0.1, -0.05) is 11.6 Å². The van der Waals surface area contributed by atoms with Crippen molar-refractivity contribution in [2.75, 3.05) is 55.6 Å². The van der Waals surface area contributed by atoms with Crippen molar-refractivity contribution in [1.29, 1.82) is 5.26 Å². The molecule has 16 heteroatoms. The van der Waals surface area contributed by atoms with Crippen LogP contribution in [0.2, 0.25) is 5.02 Å². The number of hydrogen-bond acceptors (Lipinski definition) is 12. The summed E-state index contributed by atoms with van der Waals surface area (Å²) in [5.41, 5.74) is 2.23. The number of imide groups is 2. The molecule has 4 atom stereocenters. The van der Waals surface area contributed by atoms with E-state index in [2.05, 4.69) is 41.6 Å². The lowest BCUT2D eigenvalue weighted by Gasteiger charge is -2.35. The number of nitriles is 1. The molecular formula is C41H42ClN9O6. The third-order valence-corrected chi connectivity index (χ3v) is 12.9. The molecule has 15 nitrogen and oxygen atoms in total. The number of carbonyl (C=O) groups excluding carboxylic acids is 5. The quantitative estimate of drug-likeness (QED) is 0.303. The second-order valence-electron chi connectivity index (χ2n) is 16.0. The number of fused-ring (bicyclic) bond motifs is 2. The van der Waals surface area contributed by atoms with E-state index in [1.54, 1.807) is 36.4 Å². The van der Waals surface area contributed by atoms with Crippen molar-refractivity contribution in [1.82, 2.24) is 30.6 Å². The molecular weight excluding hydrogens is 750 g/mol. The molecule has 5 fully saturated rings. The zero-order chi connectivity index (χ0) is 39.4. The summed E-state index contributed by atoms with van der Waals surface area (Å²) in [6.45, 7) is 6.31. The van der Waals surface area contributed by atoms with Crippen molar-refractivity contribution in [3.63, 3.8) is 0 Å². The average Bonchev–Trinajstić information content (AvgIpc) is 3.51. The Labute approximate surface area is 334 Å². The third kappa shape index (κ3) is 7.28. The molecule has 57 heavy (non-hydrogen) atoms. The standard InChI is InChI=1S/C41H42ClN9O6/c42-33-18-27(5-1-23(33)19-43)57-26-6-2-24(3-7-26)44-38(53)34-9-11-36(47-46-34)49-15-13-48(14-16-49)20-30-31-21-50(22-32(30)31)25-4-8-28-29(17-25)41(56)51(40(28)55)35-10-12-37(52)45-39(35)54/h1,4-5,8-9,11,17-18,24,26,30-32,35H,2-3,6-7,10,12-16,20-22H2,(H,44,53)(H,45,52,54)/t24?,26?,30?,31-,32+,35?. The topological polar surface area (TPSA) is 181 Å². The minimum Gasteiger partial charge on any atom is -0.490 e. The highest BCUT2D eigenvalue weighted by Crippen LogP contribution is 2.53. The Bertz CT molecular complexity index is 2170. The van der Waals surface area contributed by atoms with Gasteiger partial charge in [-0.25, -0.2) is 0 Å². The molecule has 4 aliphatic heterocycles. The molecule has 3 aromatic rings. The van der Waals surface area contributed by atoms with Crippen LogP contribution in [0.5, 0.6) is 5.75 Å². The zero-order valence-electron chi connectivity index (χ0n) is 31.2. The molecule has 6 aliphatic rings. The van der Waals surface area contributed by atoms with Crippen molar-refractivity contribution in [3.05, 3.63) is 75.9 Å². The van der Waals surface area contributed by atoms with Crippen LogP contribution in [-0.4, -0.2) is 114 Å². The van der Waals surface area contributed by atoms with Gasteiger partial charge in [0.05, 0.1) is 27.8 Å². The summed E-state index contributed by atoms with van der Waals surface area (Å²) in [7, 11) is 0. The van der Waals surface area contributed by atoms with Crippen molar-refractivity contribution in [2.24, 2.45) is 17.8 Å². The van der Waals surface area contributed by atoms with Crippen LogP contribution in [0.4, 0.5) is 11.5 Å². The number of nitrogens with zero attached hydrogens (tertiary/aromatic N) is 7. The Morgan fingerprint density at radius 1 is 0.877 bits per heavy atom. The smallest absolute Gasteiger partial charge is 0.272 e. The number of benzene rings is 2. The van der Waals surface area contributed by atoms with Crippen molar-refractivity contribution < 1.29 is 28.7 Å². The van der Waals surface area contributed by atoms with E-state index in [1.165, 1.54) is 0 Å². The molecule has 5 heterocycles. The fourth-order valence-corrected chi connectivity index (χ4v) is 9.51. The Balaban J connectivity index is 0.701. The van der Waals surface area contributed by atoms with Gasteiger partial charge in [-0.2, -0.15) is 5.26 Å². The maximum absolute atomic E-state index is 13.3. The van der Waals surface area contributed by atoms with E-state index < -0.39 is 29.7 Å². The highest BCUT2D eigenvalue weighted by Gasteiger charge is 2.56. The first-order chi connectivity index (χ1) is 27.6. The number of amides is 5. The monoisotopic (exact) mass is 791 g/mol. The molecule has 2 unspecified atom stereocenters. The second kappa shape index (κ2) is 15.1. The summed E-state index contributed by atoms with van der Waals surface area (Å²) in [6, 6.07) is 15.2. The predicted octanol–water partition coefficient (Wildman–Crippen LogP) is 3.03.